The number of likely N-dealkylation sites (N-methyl/N-ethyl adjacent to an activating group) is 1. The van der Waals surface area contributed by atoms with Gasteiger partial charge in [-0.25, -0.2) is 4.39 Å². The minimum Gasteiger partial charge on any atom is -0.352 e. The predicted molar refractivity (Wildman–Crippen MR) is 126 cm³/mol. The zero-order chi connectivity index (χ0) is 22.1. The van der Waals surface area contributed by atoms with Crippen molar-refractivity contribution in [2.24, 2.45) is 0 Å². The highest BCUT2D eigenvalue weighted by molar-refractivity contribution is 7.80. The number of rotatable bonds is 6. The van der Waals surface area contributed by atoms with Crippen molar-refractivity contribution >= 4 is 17.3 Å². The summed E-state index contributed by atoms with van der Waals surface area (Å²) >= 11 is 5.75. The van der Waals surface area contributed by atoms with Crippen LogP contribution in [0.25, 0.3) is 5.69 Å². The highest BCUT2D eigenvalue weighted by Gasteiger charge is 2.41. The molecule has 3 heterocycles. The van der Waals surface area contributed by atoms with Gasteiger partial charge >= 0.3 is 0 Å². The van der Waals surface area contributed by atoms with Gasteiger partial charge in [0.1, 0.15) is 5.82 Å². The molecule has 1 N–H and O–H groups in total. The first kappa shape index (κ1) is 21.5. The van der Waals surface area contributed by atoms with Crippen molar-refractivity contribution < 1.29 is 4.39 Å². The van der Waals surface area contributed by atoms with E-state index in [-0.39, 0.29) is 17.9 Å². The average Bonchev–Trinajstić information content (AvgIpc) is 3.22. The van der Waals surface area contributed by atoms with Crippen molar-refractivity contribution in [2.75, 3.05) is 27.2 Å². The third-order valence-corrected chi connectivity index (χ3v) is 6.19. The first-order chi connectivity index (χ1) is 14.9. The molecule has 0 saturated carbocycles. The summed E-state index contributed by atoms with van der Waals surface area (Å²) in [5, 5.41) is 4.24. The molecule has 3 aromatic rings. The number of nitrogens with one attached hydrogen (secondary N) is 1. The summed E-state index contributed by atoms with van der Waals surface area (Å²) in [5.74, 6) is -0.241. The molecule has 2 atom stereocenters. The molecule has 2 aromatic heterocycles. The summed E-state index contributed by atoms with van der Waals surface area (Å²) in [5.41, 5.74) is 5.09. The van der Waals surface area contributed by atoms with Gasteiger partial charge in [-0.05, 0) is 82.1 Å². The van der Waals surface area contributed by atoms with Crippen LogP contribution in [0.15, 0.2) is 54.7 Å². The Bertz CT molecular complexity index is 1080. The van der Waals surface area contributed by atoms with E-state index in [1.54, 1.807) is 12.1 Å². The molecule has 4 rings (SSSR count). The van der Waals surface area contributed by atoms with Crippen LogP contribution >= 0.6 is 12.2 Å². The monoisotopic (exact) mass is 437 g/mol. The van der Waals surface area contributed by atoms with Crippen LogP contribution in [0.5, 0.6) is 0 Å². The van der Waals surface area contributed by atoms with Gasteiger partial charge in [-0.3, -0.25) is 4.98 Å². The van der Waals surface area contributed by atoms with Gasteiger partial charge < -0.3 is 19.7 Å². The molecular weight excluding hydrogens is 409 g/mol. The number of hydrogen-bond acceptors (Lipinski definition) is 3. The maximum absolute atomic E-state index is 13.9. The first-order valence-electron chi connectivity index (χ1n) is 10.4. The lowest BCUT2D eigenvalue weighted by atomic mass is 9.97. The minimum atomic E-state index is -0.241. The van der Waals surface area contributed by atoms with Crippen molar-refractivity contribution in [3.8, 4) is 5.69 Å². The molecule has 0 bridgehead atoms. The topological polar surface area (TPSA) is 36.3 Å². The Balaban J connectivity index is 1.81. The van der Waals surface area contributed by atoms with Gasteiger partial charge in [0.15, 0.2) is 5.11 Å². The Morgan fingerprint density at radius 3 is 2.61 bits per heavy atom. The fourth-order valence-corrected chi connectivity index (χ4v) is 4.72. The normalized spacial score (nSPS) is 18.6. The molecule has 5 nitrogen and oxygen atoms in total. The van der Waals surface area contributed by atoms with Gasteiger partial charge in [-0.15, -0.1) is 0 Å². The predicted octanol–water partition coefficient (Wildman–Crippen LogP) is 4.16. The highest BCUT2D eigenvalue weighted by Crippen LogP contribution is 2.41. The van der Waals surface area contributed by atoms with Gasteiger partial charge in [-0.2, -0.15) is 0 Å². The third-order valence-electron chi connectivity index (χ3n) is 5.84. The number of halogens is 1. The van der Waals surface area contributed by atoms with Crippen LogP contribution < -0.4 is 5.32 Å². The number of benzene rings is 1. The smallest absolute Gasteiger partial charge is 0.170 e. The standard InChI is InChI=1S/C24H28FN5S/c1-16-14-20(17(2)30(16)19-9-7-8-18(25)15-19)23-22(21-10-5-6-11-26-21)27-24(31)29(23)13-12-28(3)4/h5-11,14-15,22-23H,12-13H2,1-4H3,(H,27,31)/t22-,23-/m1/s1. The van der Waals surface area contributed by atoms with E-state index in [0.717, 1.165) is 41.0 Å². The molecule has 0 amide bonds. The number of aromatic nitrogens is 2. The SMILES string of the molecule is Cc1cc([C@@H]2[C@@H](c3ccccn3)NC(=S)N2CCN(C)C)c(C)n1-c1cccc(F)c1. The van der Waals surface area contributed by atoms with Crippen LogP contribution in [0.1, 0.15) is 34.7 Å². The van der Waals surface area contributed by atoms with Gasteiger partial charge in [0.25, 0.3) is 0 Å². The van der Waals surface area contributed by atoms with Gasteiger partial charge in [-0.1, -0.05) is 12.1 Å². The van der Waals surface area contributed by atoms with E-state index in [9.17, 15) is 4.39 Å². The molecule has 162 valence electrons. The lowest BCUT2D eigenvalue weighted by molar-refractivity contribution is 0.277. The van der Waals surface area contributed by atoms with Crippen molar-refractivity contribution in [3.63, 3.8) is 0 Å². The summed E-state index contributed by atoms with van der Waals surface area (Å²) in [4.78, 5) is 9.03. The van der Waals surface area contributed by atoms with E-state index >= 15 is 0 Å². The number of thiocarbonyl (C=S) groups is 1. The summed E-state index contributed by atoms with van der Waals surface area (Å²) in [6.07, 6.45) is 1.82. The maximum atomic E-state index is 13.9. The van der Waals surface area contributed by atoms with Crippen molar-refractivity contribution in [2.45, 2.75) is 25.9 Å². The van der Waals surface area contributed by atoms with E-state index in [1.807, 2.05) is 30.5 Å². The molecule has 1 fully saturated rings. The van der Waals surface area contributed by atoms with Crippen molar-refractivity contribution in [1.29, 1.82) is 0 Å². The zero-order valence-electron chi connectivity index (χ0n) is 18.3. The molecule has 1 saturated heterocycles. The minimum absolute atomic E-state index is 0.00383. The van der Waals surface area contributed by atoms with E-state index in [4.69, 9.17) is 12.2 Å². The van der Waals surface area contributed by atoms with Crippen LogP contribution in [-0.2, 0) is 0 Å². The zero-order valence-corrected chi connectivity index (χ0v) is 19.2. The molecule has 0 unspecified atom stereocenters. The fraction of sp³-hybridized carbons (Fsp3) is 0.333. The van der Waals surface area contributed by atoms with Gasteiger partial charge in [0, 0.05) is 36.4 Å². The van der Waals surface area contributed by atoms with E-state index in [1.165, 1.54) is 11.6 Å². The maximum Gasteiger partial charge on any atom is 0.170 e. The van der Waals surface area contributed by atoms with Crippen LogP contribution in [0.2, 0.25) is 0 Å². The quantitative estimate of drug-likeness (QED) is 0.586. The number of aryl methyl sites for hydroxylation is 1. The Kier molecular flexibility index (Phi) is 6.07. The molecule has 0 radical (unpaired) electrons. The molecule has 7 heteroatoms. The van der Waals surface area contributed by atoms with E-state index in [2.05, 4.69) is 58.7 Å². The average molecular weight is 438 g/mol. The molecule has 0 aliphatic carbocycles. The summed E-state index contributed by atoms with van der Waals surface area (Å²) in [6, 6.07) is 14.8. The molecule has 0 spiro atoms. The number of pyridine rings is 1. The summed E-state index contributed by atoms with van der Waals surface area (Å²) in [6.45, 7) is 5.84. The number of hydrogen-bond donors (Lipinski definition) is 1. The van der Waals surface area contributed by atoms with E-state index in [0.29, 0.717) is 0 Å². The fourth-order valence-electron chi connectivity index (χ4n) is 4.39. The Labute approximate surface area is 188 Å². The van der Waals surface area contributed by atoms with E-state index < -0.39 is 0 Å². The summed E-state index contributed by atoms with van der Waals surface area (Å²) in [7, 11) is 4.13. The summed E-state index contributed by atoms with van der Waals surface area (Å²) < 4.78 is 16.0. The second-order valence-corrected chi connectivity index (χ2v) is 8.65. The molecule has 1 aromatic carbocycles. The lowest BCUT2D eigenvalue weighted by Gasteiger charge is -2.29. The lowest BCUT2D eigenvalue weighted by Crippen LogP contribution is -2.35. The Morgan fingerprint density at radius 2 is 1.94 bits per heavy atom. The first-order valence-corrected chi connectivity index (χ1v) is 10.8. The number of nitrogens with zero attached hydrogens (tertiary/aromatic N) is 4. The van der Waals surface area contributed by atoms with Gasteiger partial charge in [0.05, 0.1) is 17.8 Å². The molecule has 31 heavy (non-hydrogen) atoms. The Hall–Kier alpha value is -2.77. The van der Waals surface area contributed by atoms with Crippen molar-refractivity contribution in [3.05, 3.63) is 83.2 Å². The second kappa shape index (κ2) is 8.77. The Morgan fingerprint density at radius 1 is 1.13 bits per heavy atom. The highest BCUT2D eigenvalue weighted by atomic mass is 32.1. The second-order valence-electron chi connectivity index (χ2n) is 8.27. The van der Waals surface area contributed by atoms with Crippen LogP contribution in [0.3, 0.4) is 0 Å². The molecule has 1 aliphatic rings. The largest absolute Gasteiger partial charge is 0.352 e. The van der Waals surface area contributed by atoms with Crippen LogP contribution in [0, 0.1) is 19.7 Å². The van der Waals surface area contributed by atoms with Crippen molar-refractivity contribution in [1.82, 2.24) is 24.7 Å². The van der Waals surface area contributed by atoms with Crippen LogP contribution in [-0.4, -0.2) is 51.6 Å². The molecular formula is C24H28FN5S. The van der Waals surface area contributed by atoms with Gasteiger partial charge in [0.2, 0.25) is 0 Å². The third kappa shape index (κ3) is 4.20. The molecule has 1 aliphatic heterocycles. The van der Waals surface area contributed by atoms with Crippen LogP contribution in [0.4, 0.5) is 4.39 Å².